The quantitative estimate of drug-likeness (QED) is 0.389. The molecule has 4 rings (SSSR count). The van der Waals surface area contributed by atoms with Crippen molar-refractivity contribution in [1.82, 2.24) is 10.1 Å². The second-order valence-electron chi connectivity index (χ2n) is 8.21. The monoisotopic (exact) mass is 477 g/mol. The summed E-state index contributed by atoms with van der Waals surface area (Å²) in [6.45, 7) is 3.87. The van der Waals surface area contributed by atoms with E-state index in [1.54, 1.807) is 12.1 Å². The van der Waals surface area contributed by atoms with Gasteiger partial charge in [0, 0.05) is 22.9 Å². The predicted molar refractivity (Wildman–Crippen MR) is 123 cm³/mol. The lowest BCUT2D eigenvalue weighted by Gasteiger charge is -2.15. The van der Waals surface area contributed by atoms with Crippen LogP contribution in [0.15, 0.2) is 47.0 Å². The van der Waals surface area contributed by atoms with Gasteiger partial charge in [0.15, 0.2) is 0 Å². The second kappa shape index (κ2) is 9.24. The predicted octanol–water partition coefficient (Wildman–Crippen LogP) is 5.35. The normalized spacial score (nSPS) is 18.8. The van der Waals surface area contributed by atoms with Crippen LogP contribution in [0.1, 0.15) is 33.1 Å². The highest BCUT2D eigenvalue weighted by Gasteiger charge is 2.36. The summed E-state index contributed by atoms with van der Waals surface area (Å²) in [5.41, 5.74) is 1.80. The van der Waals surface area contributed by atoms with Crippen LogP contribution >= 0.6 is 19.2 Å². The first kappa shape index (κ1) is 22.8. The second-order valence-corrected chi connectivity index (χ2v) is 10.5. The summed E-state index contributed by atoms with van der Waals surface area (Å²) in [6, 6.07) is 12.9. The third kappa shape index (κ3) is 5.33. The lowest BCUT2D eigenvalue weighted by molar-refractivity contribution is 0.242. The summed E-state index contributed by atoms with van der Waals surface area (Å²) in [5.74, 6) is 1.41. The minimum Gasteiger partial charge on any atom is -0.489 e. The van der Waals surface area contributed by atoms with Crippen molar-refractivity contribution in [2.75, 3.05) is 5.32 Å². The molecule has 2 aromatic carbocycles. The SMILES string of the molecule is CC(C)Oc1ccc(-c2noc(-c3ccc(N[C@H]4CC[C@H](P(=O)(O)O)C4)cc3)n2)cc1Cl. The standard InChI is InChI=1S/C22H25ClN3O5P/c1-13(2)30-20-10-5-15(11-19(20)23)21-25-22(31-26-21)14-3-6-16(7-4-14)24-17-8-9-18(12-17)32(27,28)29/h3-7,10-11,13,17-18,24H,8-9,12H2,1-2H3,(H2,27,28,29)/t17-,18-/m0/s1. The fourth-order valence-electron chi connectivity index (χ4n) is 3.79. The van der Waals surface area contributed by atoms with Crippen molar-refractivity contribution in [3.05, 3.63) is 47.5 Å². The molecule has 1 fully saturated rings. The molecular formula is C22H25ClN3O5P. The van der Waals surface area contributed by atoms with E-state index in [0.29, 0.717) is 35.3 Å². The first-order valence-corrected chi connectivity index (χ1v) is 12.5. The third-order valence-corrected chi connectivity index (χ3v) is 7.08. The molecule has 0 bridgehead atoms. The van der Waals surface area contributed by atoms with E-state index in [0.717, 1.165) is 23.2 Å². The molecule has 0 saturated heterocycles. The number of ether oxygens (including phenoxy) is 1. The first-order chi connectivity index (χ1) is 15.2. The molecular weight excluding hydrogens is 453 g/mol. The van der Waals surface area contributed by atoms with Gasteiger partial charge in [0.1, 0.15) is 5.75 Å². The Labute approximate surface area is 191 Å². The summed E-state index contributed by atoms with van der Waals surface area (Å²) in [6.07, 6.45) is 1.74. The Hall–Kier alpha value is -2.38. The van der Waals surface area contributed by atoms with Crippen molar-refractivity contribution in [1.29, 1.82) is 0 Å². The Morgan fingerprint density at radius 3 is 2.50 bits per heavy atom. The van der Waals surface area contributed by atoms with Crippen molar-refractivity contribution in [2.45, 2.75) is 50.9 Å². The van der Waals surface area contributed by atoms with E-state index in [4.69, 9.17) is 20.9 Å². The number of aromatic nitrogens is 2. The maximum atomic E-state index is 11.4. The molecule has 0 unspecified atom stereocenters. The highest BCUT2D eigenvalue weighted by Crippen LogP contribution is 2.49. The van der Waals surface area contributed by atoms with Gasteiger partial charge in [-0.05, 0) is 75.6 Å². The van der Waals surface area contributed by atoms with Gasteiger partial charge in [-0.2, -0.15) is 4.98 Å². The van der Waals surface area contributed by atoms with E-state index < -0.39 is 13.3 Å². The van der Waals surface area contributed by atoms with E-state index in [1.165, 1.54) is 0 Å². The highest BCUT2D eigenvalue weighted by atomic mass is 35.5. The first-order valence-electron chi connectivity index (χ1n) is 10.4. The number of halogens is 1. The van der Waals surface area contributed by atoms with Gasteiger partial charge in [0.05, 0.1) is 16.8 Å². The van der Waals surface area contributed by atoms with E-state index >= 15 is 0 Å². The smallest absolute Gasteiger partial charge is 0.328 e. The molecule has 0 aliphatic heterocycles. The van der Waals surface area contributed by atoms with Crippen molar-refractivity contribution in [3.63, 3.8) is 0 Å². The molecule has 1 aliphatic carbocycles. The summed E-state index contributed by atoms with van der Waals surface area (Å²) in [7, 11) is -4.02. The van der Waals surface area contributed by atoms with Gasteiger partial charge in [0.2, 0.25) is 5.82 Å². The van der Waals surface area contributed by atoms with E-state index in [1.807, 2.05) is 44.2 Å². The zero-order valence-corrected chi connectivity index (χ0v) is 19.4. The van der Waals surface area contributed by atoms with Crippen LogP contribution < -0.4 is 10.1 Å². The van der Waals surface area contributed by atoms with Gasteiger partial charge in [-0.25, -0.2) is 0 Å². The van der Waals surface area contributed by atoms with Gasteiger partial charge in [-0.1, -0.05) is 16.8 Å². The molecule has 0 radical (unpaired) electrons. The number of nitrogens with zero attached hydrogens (tertiary/aromatic N) is 2. The van der Waals surface area contributed by atoms with Crippen molar-refractivity contribution < 1.29 is 23.6 Å². The van der Waals surface area contributed by atoms with E-state index in [2.05, 4.69) is 15.5 Å². The Bertz CT molecular complexity index is 1130. The zero-order valence-electron chi connectivity index (χ0n) is 17.7. The van der Waals surface area contributed by atoms with Crippen LogP contribution in [-0.2, 0) is 4.57 Å². The number of benzene rings is 2. The minimum atomic E-state index is -4.02. The van der Waals surface area contributed by atoms with Gasteiger partial charge < -0.3 is 24.4 Å². The molecule has 8 nitrogen and oxygen atoms in total. The third-order valence-electron chi connectivity index (χ3n) is 5.36. The van der Waals surface area contributed by atoms with Crippen LogP contribution in [0, 0.1) is 0 Å². The largest absolute Gasteiger partial charge is 0.489 e. The molecule has 10 heteroatoms. The van der Waals surface area contributed by atoms with Crippen LogP contribution in [0.2, 0.25) is 5.02 Å². The molecule has 1 saturated carbocycles. The average Bonchev–Trinajstić information content (AvgIpc) is 3.40. The van der Waals surface area contributed by atoms with Crippen LogP contribution in [0.25, 0.3) is 22.8 Å². The van der Waals surface area contributed by atoms with Gasteiger partial charge >= 0.3 is 7.60 Å². The minimum absolute atomic E-state index is 0.0220. The van der Waals surface area contributed by atoms with Crippen molar-refractivity contribution in [3.8, 4) is 28.6 Å². The molecule has 170 valence electrons. The molecule has 1 aromatic heterocycles. The van der Waals surface area contributed by atoms with Crippen LogP contribution in [0.5, 0.6) is 5.75 Å². The summed E-state index contributed by atoms with van der Waals surface area (Å²) in [4.78, 5) is 23.2. The number of hydrogen-bond acceptors (Lipinski definition) is 6. The van der Waals surface area contributed by atoms with Gasteiger partial charge in [-0.15, -0.1) is 0 Å². The summed E-state index contributed by atoms with van der Waals surface area (Å²) in [5, 5.41) is 7.88. The maximum absolute atomic E-state index is 11.4. The Balaban J connectivity index is 1.43. The molecule has 2 atom stereocenters. The van der Waals surface area contributed by atoms with Gasteiger partial charge in [0.25, 0.3) is 5.89 Å². The van der Waals surface area contributed by atoms with Crippen molar-refractivity contribution >= 4 is 24.9 Å². The molecule has 0 spiro atoms. The number of nitrogens with one attached hydrogen (secondary N) is 1. The molecule has 1 heterocycles. The summed E-state index contributed by atoms with van der Waals surface area (Å²) < 4.78 is 22.5. The average molecular weight is 478 g/mol. The Morgan fingerprint density at radius 1 is 1.16 bits per heavy atom. The fourth-order valence-corrected chi connectivity index (χ4v) is 5.03. The number of rotatable bonds is 7. The molecule has 32 heavy (non-hydrogen) atoms. The number of anilines is 1. The zero-order chi connectivity index (χ0) is 22.9. The van der Waals surface area contributed by atoms with E-state index in [9.17, 15) is 14.4 Å². The van der Waals surface area contributed by atoms with Crippen molar-refractivity contribution in [2.24, 2.45) is 0 Å². The number of hydrogen-bond donors (Lipinski definition) is 3. The molecule has 3 aromatic rings. The fraction of sp³-hybridized carbons (Fsp3) is 0.364. The maximum Gasteiger partial charge on any atom is 0.328 e. The van der Waals surface area contributed by atoms with Gasteiger partial charge in [-0.3, -0.25) is 4.57 Å². The Kier molecular flexibility index (Phi) is 6.58. The lowest BCUT2D eigenvalue weighted by atomic mass is 10.1. The highest BCUT2D eigenvalue weighted by molar-refractivity contribution is 7.52. The molecule has 1 aliphatic rings. The van der Waals surface area contributed by atoms with Crippen LogP contribution in [0.4, 0.5) is 5.69 Å². The topological polar surface area (TPSA) is 118 Å². The van der Waals surface area contributed by atoms with Crippen LogP contribution in [0.3, 0.4) is 0 Å². The lowest BCUT2D eigenvalue weighted by Crippen LogP contribution is -2.16. The van der Waals surface area contributed by atoms with E-state index in [-0.39, 0.29) is 12.1 Å². The Morgan fingerprint density at radius 2 is 1.88 bits per heavy atom. The molecule has 3 N–H and O–H groups in total. The molecule has 0 amide bonds. The summed E-state index contributed by atoms with van der Waals surface area (Å²) >= 11 is 6.31. The van der Waals surface area contributed by atoms with Crippen LogP contribution in [-0.4, -0.2) is 37.7 Å².